The molecule has 1 fully saturated rings. The third-order valence-electron chi connectivity index (χ3n) is 3.03. The lowest BCUT2D eigenvalue weighted by molar-refractivity contribution is -0.150. The first-order valence-electron chi connectivity index (χ1n) is 5.69. The number of hydrogen-bond donors (Lipinski definition) is 0. The minimum atomic E-state index is 0.161. The molecule has 0 saturated carbocycles. The number of para-hydroxylation sites is 1. The summed E-state index contributed by atoms with van der Waals surface area (Å²) in [5.41, 5.74) is 0.161. The second kappa shape index (κ2) is 4.23. The largest absolute Gasteiger partial charge is 0.405 e. The molecule has 2 nitrogen and oxygen atoms in total. The maximum absolute atomic E-state index is 5.90. The Labute approximate surface area is 91.8 Å². The third-order valence-corrected chi connectivity index (χ3v) is 3.03. The maximum atomic E-state index is 5.90. The summed E-state index contributed by atoms with van der Waals surface area (Å²) in [6.45, 7) is 5.52. The lowest BCUT2D eigenvalue weighted by Gasteiger charge is -2.40. The molecule has 0 aromatic heterocycles. The second-order valence-corrected chi connectivity index (χ2v) is 4.78. The molecule has 0 amide bonds. The highest BCUT2D eigenvalue weighted by atomic mass is 16.7. The zero-order valence-electron chi connectivity index (χ0n) is 9.57. The van der Waals surface area contributed by atoms with Crippen LogP contribution in [0.2, 0.25) is 0 Å². The van der Waals surface area contributed by atoms with Gasteiger partial charge >= 0.3 is 0 Å². The molecular weight excluding hydrogens is 186 g/mol. The smallest absolute Gasteiger partial charge is 0.147 e. The van der Waals surface area contributed by atoms with E-state index in [0.29, 0.717) is 0 Å². The normalized spacial score (nSPS) is 21.2. The Morgan fingerprint density at radius 2 is 1.87 bits per heavy atom. The SMILES string of the molecule is CC1(C)CCCCN1Oc1ccccc1. The zero-order valence-corrected chi connectivity index (χ0v) is 9.57. The summed E-state index contributed by atoms with van der Waals surface area (Å²) < 4.78 is 0. The van der Waals surface area contributed by atoms with Gasteiger partial charge in [0.15, 0.2) is 0 Å². The van der Waals surface area contributed by atoms with Crippen LogP contribution in [0.1, 0.15) is 33.1 Å². The van der Waals surface area contributed by atoms with Crippen LogP contribution in [0.25, 0.3) is 0 Å². The number of nitrogens with zero attached hydrogens (tertiary/aromatic N) is 1. The highest BCUT2D eigenvalue weighted by molar-refractivity contribution is 5.20. The summed E-state index contributed by atoms with van der Waals surface area (Å²) in [4.78, 5) is 5.90. The Balaban J connectivity index is 2.05. The summed E-state index contributed by atoms with van der Waals surface area (Å²) in [6, 6.07) is 10.0. The van der Waals surface area contributed by atoms with Crippen molar-refractivity contribution in [3.05, 3.63) is 30.3 Å². The Bertz CT molecular complexity index is 308. The first-order chi connectivity index (χ1) is 7.18. The van der Waals surface area contributed by atoms with E-state index in [2.05, 4.69) is 18.9 Å². The average Bonchev–Trinajstić information content (AvgIpc) is 2.23. The van der Waals surface area contributed by atoms with Crippen molar-refractivity contribution in [3.8, 4) is 5.75 Å². The number of rotatable bonds is 2. The fraction of sp³-hybridized carbons (Fsp3) is 0.538. The molecule has 1 aliphatic rings. The molecule has 82 valence electrons. The van der Waals surface area contributed by atoms with Crippen molar-refractivity contribution < 1.29 is 4.84 Å². The summed E-state index contributed by atoms with van der Waals surface area (Å²) >= 11 is 0. The van der Waals surface area contributed by atoms with Crippen molar-refractivity contribution in [2.24, 2.45) is 0 Å². The Morgan fingerprint density at radius 1 is 1.13 bits per heavy atom. The monoisotopic (exact) mass is 205 g/mol. The van der Waals surface area contributed by atoms with Gasteiger partial charge in [-0.25, -0.2) is 0 Å². The van der Waals surface area contributed by atoms with Gasteiger partial charge in [0.1, 0.15) is 5.75 Å². The molecule has 0 spiro atoms. The molecule has 2 rings (SSSR count). The number of hydrogen-bond acceptors (Lipinski definition) is 2. The Kier molecular flexibility index (Phi) is 2.96. The summed E-state index contributed by atoms with van der Waals surface area (Å²) in [5, 5.41) is 2.12. The molecule has 0 N–H and O–H groups in total. The quantitative estimate of drug-likeness (QED) is 0.735. The van der Waals surface area contributed by atoms with E-state index >= 15 is 0 Å². The lowest BCUT2D eigenvalue weighted by atomic mass is 9.93. The molecule has 0 radical (unpaired) electrons. The van der Waals surface area contributed by atoms with Gasteiger partial charge in [-0.2, -0.15) is 0 Å². The van der Waals surface area contributed by atoms with Crippen LogP contribution in [-0.4, -0.2) is 17.1 Å². The zero-order chi connectivity index (χ0) is 10.7. The van der Waals surface area contributed by atoms with Crippen LogP contribution in [0.4, 0.5) is 0 Å². The van der Waals surface area contributed by atoms with Gasteiger partial charge in [-0.05, 0) is 38.8 Å². The fourth-order valence-corrected chi connectivity index (χ4v) is 2.02. The van der Waals surface area contributed by atoms with Gasteiger partial charge in [-0.3, -0.25) is 0 Å². The average molecular weight is 205 g/mol. The van der Waals surface area contributed by atoms with Crippen LogP contribution in [0.5, 0.6) is 5.75 Å². The van der Waals surface area contributed by atoms with E-state index in [1.54, 1.807) is 0 Å². The molecule has 1 aliphatic heterocycles. The molecule has 0 unspecified atom stereocenters. The van der Waals surface area contributed by atoms with E-state index in [1.165, 1.54) is 19.3 Å². The molecule has 0 aliphatic carbocycles. The van der Waals surface area contributed by atoms with E-state index in [0.717, 1.165) is 12.3 Å². The highest BCUT2D eigenvalue weighted by Crippen LogP contribution is 2.28. The van der Waals surface area contributed by atoms with Gasteiger partial charge in [-0.1, -0.05) is 24.6 Å². The molecule has 1 aromatic rings. The Hall–Kier alpha value is -1.02. The van der Waals surface area contributed by atoms with Gasteiger partial charge in [0.25, 0.3) is 0 Å². The predicted molar refractivity (Wildman–Crippen MR) is 61.7 cm³/mol. The first-order valence-corrected chi connectivity index (χ1v) is 5.69. The van der Waals surface area contributed by atoms with E-state index in [1.807, 2.05) is 30.3 Å². The highest BCUT2D eigenvalue weighted by Gasteiger charge is 2.31. The summed E-state index contributed by atoms with van der Waals surface area (Å²) in [7, 11) is 0. The van der Waals surface area contributed by atoms with Gasteiger partial charge in [-0.15, -0.1) is 5.06 Å². The van der Waals surface area contributed by atoms with Crippen molar-refractivity contribution >= 4 is 0 Å². The molecule has 1 heterocycles. The van der Waals surface area contributed by atoms with Gasteiger partial charge < -0.3 is 4.84 Å². The van der Waals surface area contributed by atoms with Gasteiger partial charge in [0.05, 0.1) is 5.54 Å². The molecule has 15 heavy (non-hydrogen) atoms. The fourth-order valence-electron chi connectivity index (χ4n) is 2.02. The molecule has 1 saturated heterocycles. The topological polar surface area (TPSA) is 12.5 Å². The molecular formula is C13H19NO. The number of piperidine rings is 1. The van der Waals surface area contributed by atoms with Crippen molar-refractivity contribution in [1.82, 2.24) is 5.06 Å². The lowest BCUT2D eigenvalue weighted by Crippen LogP contribution is -2.49. The predicted octanol–water partition coefficient (Wildman–Crippen LogP) is 3.24. The van der Waals surface area contributed by atoms with Crippen molar-refractivity contribution in [2.45, 2.75) is 38.6 Å². The Morgan fingerprint density at radius 3 is 2.53 bits per heavy atom. The summed E-state index contributed by atoms with van der Waals surface area (Å²) in [5.74, 6) is 0.937. The third kappa shape index (κ3) is 2.51. The van der Waals surface area contributed by atoms with Crippen LogP contribution >= 0.6 is 0 Å². The van der Waals surface area contributed by atoms with E-state index < -0.39 is 0 Å². The van der Waals surface area contributed by atoms with Gasteiger partial charge in [0, 0.05) is 6.54 Å². The standard InChI is InChI=1S/C13H19NO/c1-13(2)10-6-7-11-14(13)15-12-8-4-3-5-9-12/h3-5,8-9H,6-7,10-11H2,1-2H3. The first kappa shape index (κ1) is 10.5. The molecule has 2 heteroatoms. The van der Waals surface area contributed by atoms with E-state index in [-0.39, 0.29) is 5.54 Å². The van der Waals surface area contributed by atoms with E-state index in [9.17, 15) is 0 Å². The van der Waals surface area contributed by atoms with Crippen LogP contribution in [-0.2, 0) is 0 Å². The molecule has 0 atom stereocenters. The van der Waals surface area contributed by atoms with Crippen LogP contribution in [0.3, 0.4) is 0 Å². The van der Waals surface area contributed by atoms with Crippen LogP contribution in [0, 0.1) is 0 Å². The second-order valence-electron chi connectivity index (χ2n) is 4.78. The van der Waals surface area contributed by atoms with E-state index in [4.69, 9.17) is 4.84 Å². The van der Waals surface area contributed by atoms with Crippen LogP contribution < -0.4 is 4.84 Å². The minimum absolute atomic E-state index is 0.161. The number of hydroxylamine groups is 2. The van der Waals surface area contributed by atoms with Crippen LogP contribution in [0.15, 0.2) is 30.3 Å². The molecule has 0 bridgehead atoms. The molecule has 1 aromatic carbocycles. The van der Waals surface area contributed by atoms with Crippen molar-refractivity contribution in [2.75, 3.05) is 6.54 Å². The van der Waals surface area contributed by atoms with Gasteiger partial charge in [0.2, 0.25) is 0 Å². The van der Waals surface area contributed by atoms with Crippen molar-refractivity contribution in [3.63, 3.8) is 0 Å². The van der Waals surface area contributed by atoms with Crippen molar-refractivity contribution in [1.29, 1.82) is 0 Å². The summed E-state index contributed by atoms with van der Waals surface area (Å²) in [6.07, 6.45) is 3.75. The minimum Gasteiger partial charge on any atom is -0.405 e. The maximum Gasteiger partial charge on any atom is 0.147 e. The number of benzene rings is 1.